The summed E-state index contributed by atoms with van der Waals surface area (Å²) in [5, 5.41) is 2.52. The number of hydrogen-bond donors (Lipinski definition) is 1. The molecule has 4 aromatic rings. The van der Waals surface area contributed by atoms with E-state index < -0.39 is 0 Å². The highest BCUT2D eigenvalue weighted by molar-refractivity contribution is 6.11. The molecule has 4 rings (SSSR count). The van der Waals surface area contributed by atoms with Crippen molar-refractivity contribution in [2.75, 3.05) is 0 Å². The van der Waals surface area contributed by atoms with Crippen LogP contribution in [-0.4, -0.2) is 11.2 Å². The molecule has 0 aliphatic heterocycles. The Morgan fingerprint density at radius 1 is 0.800 bits per heavy atom. The molecule has 0 radical (unpaired) electrons. The molecule has 154 valence electrons. The highest BCUT2D eigenvalue weighted by atomic mass is 14.9. The maximum Gasteiger partial charge on any atom is 0.169 e. The molecule has 0 unspecified atom stereocenters. The van der Waals surface area contributed by atoms with Crippen LogP contribution in [0.1, 0.15) is 58.2 Å². The molecule has 0 bridgehead atoms. The Kier molecular flexibility index (Phi) is 4.80. The van der Waals surface area contributed by atoms with Crippen LogP contribution in [0, 0.1) is 0 Å². The Labute approximate surface area is 179 Å². The molecule has 0 aliphatic carbocycles. The Morgan fingerprint density at radius 2 is 1.43 bits per heavy atom. The van der Waals surface area contributed by atoms with Crippen molar-refractivity contribution in [3.05, 3.63) is 71.5 Å². The van der Waals surface area contributed by atoms with Crippen molar-refractivity contribution in [2.45, 2.75) is 52.4 Å². The van der Waals surface area contributed by atoms with Gasteiger partial charge in [-0.1, -0.05) is 47.6 Å². The molecule has 0 saturated heterocycles. The first-order chi connectivity index (χ1) is 14.0. The zero-order chi connectivity index (χ0) is 21.7. The number of fused-ring (bicyclic) bond motifs is 3. The maximum atomic E-state index is 4.91. The lowest BCUT2D eigenvalue weighted by Gasteiger charge is -2.20. The molecule has 0 fully saturated rings. The van der Waals surface area contributed by atoms with Crippen LogP contribution in [0.15, 0.2) is 59.9 Å². The van der Waals surface area contributed by atoms with Gasteiger partial charge >= 0.3 is 0 Å². The molecule has 0 aliphatic rings. The van der Waals surface area contributed by atoms with Gasteiger partial charge in [0.25, 0.3) is 0 Å². The predicted molar refractivity (Wildman–Crippen MR) is 128 cm³/mol. The summed E-state index contributed by atoms with van der Waals surface area (Å²) in [4.78, 5) is 8.54. The first-order valence-electron chi connectivity index (χ1n) is 10.6. The Balaban J connectivity index is 1.95. The zero-order valence-corrected chi connectivity index (χ0v) is 19.2. The Morgan fingerprint density at radius 3 is 2.07 bits per heavy atom. The Hall–Kier alpha value is -2.94. The second-order valence-corrected chi connectivity index (χ2v) is 10.4. The number of benzene rings is 2. The average Bonchev–Trinajstić information content (AvgIpc) is 3.04. The SMILES string of the molecule is C[n+]1ccc(C=Nc2cc(C(C)(C)C)cc3c2[nH]c2ccc(C(C)(C)C)cc23)cc1. The second-order valence-electron chi connectivity index (χ2n) is 10.4. The van der Waals surface area contributed by atoms with E-state index in [9.17, 15) is 0 Å². The number of rotatable bonds is 2. The van der Waals surface area contributed by atoms with Crippen LogP contribution in [0.3, 0.4) is 0 Å². The summed E-state index contributed by atoms with van der Waals surface area (Å²) in [6.07, 6.45) is 6.03. The van der Waals surface area contributed by atoms with E-state index in [0.29, 0.717) is 0 Å². The van der Waals surface area contributed by atoms with Crippen molar-refractivity contribution in [3.8, 4) is 0 Å². The fourth-order valence-electron chi connectivity index (χ4n) is 3.73. The average molecular weight is 399 g/mol. The van der Waals surface area contributed by atoms with Gasteiger partial charge in [-0.05, 0) is 46.2 Å². The largest absolute Gasteiger partial charge is 0.353 e. The molecule has 3 heteroatoms. The summed E-state index contributed by atoms with van der Waals surface area (Å²) in [5.74, 6) is 0. The zero-order valence-electron chi connectivity index (χ0n) is 19.2. The van der Waals surface area contributed by atoms with Crippen molar-refractivity contribution in [2.24, 2.45) is 12.0 Å². The van der Waals surface area contributed by atoms with Crippen molar-refractivity contribution in [3.63, 3.8) is 0 Å². The summed E-state index contributed by atoms with van der Waals surface area (Å²) in [7, 11) is 2.02. The number of aryl methyl sites for hydroxylation is 1. The van der Waals surface area contributed by atoms with Gasteiger partial charge in [-0.25, -0.2) is 4.57 Å². The fraction of sp³-hybridized carbons (Fsp3) is 0.333. The van der Waals surface area contributed by atoms with E-state index in [2.05, 4.69) is 89.0 Å². The molecule has 0 atom stereocenters. The maximum absolute atomic E-state index is 4.91. The molecule has 30 heavy (non-hydrogen) atoms. The van der Waals surface area contributed by atoms with E-state index in [1.165, 1.54) is 21.9 Å². The quantitative estimate of drug-likeness (QED) is 0.296. The van der Waals surface area contributed by atoms with Crippen LogP contribution in [0.25, 0.3) is 21.8 Å². The van der Waals surface area contributed by atoms with E-state index in [1.807, 2.05) is 30.2 Å². The van der Waals surface area contributed by atoms with Gasteiger partial charge in [-0.2, -0.15) is 0 Å². The molecule has 0 saturated carbocycles. The normalized spacial score (nSPS) is 13.0. The number of pyridine rings is 1. The minimum Gasteiger partial charge on any atom is -0.353 e. The third-order valence-corrected chi connectivity index (χ3v) is 5.78. The van der Waals surface area contributed by atoms with E-state index in [4.69, 9.17) is 4.99 Å². The van der Waals surface area contributed by atoms with Crippen molar-refractivity contribution >= 4 is 33.7 Å². The molecule has 1 N–H and O–H groups in total. The first kappa shape index (κ1) is 20.3. The number of nitrogens with one attached hydrogen (secondary N) is 1. The van der Waals surface area contributed by atoms with E-state index in [0.717, 1.165) is 22.3 Å². The summed E-state index contributed by atoms with van der Waals surface area (Å²) in [6.45, 7) is 13.6. The molecular formula is C27H32N3+. The van der Waals surface area contributed by atoms with Gasteiger partial charge in [0.05, 0.1) is 11.2 Å². The highest BCUT2D eigenvalue weighted by Gasteiger charge is 2.20. The summed E-state index contributed by atoms with van der Waals surface area (Å²) in [6, 6.07) is 15.5. The third kappa shape index (κ3) is 3.89. The molecule has 3 nitrogen and oxygen atoms in total. The lowest BCUT2D eigenvalue weighted by molar-refractivity contribution is -0.671. The third-order valence-electron chi connectivity index (χ3n) is 5.78. The van der Waals surface area contributed by atoms with Crippen LogP contribution < -0.4 is 4.57 Å². The minimum absolute atomic E-state index is 0.0458. The molecule has 2 aromatic carbocycles. The summed E-state index contributed by atoms with van der Waals surface area (Å²) < 4.78 is 2.03. The number of aliphatic imine (C=N–C) groups is 1. The minimum atomic E-state index is 0.0458. The lowest BCUT2D eigenvalue weighted by atomic mass is 9.84. The first-order valence-corrected chi connectivity index (χ1v) is 10.6. The molecule has 2 aromatic heterocycles. The molecular weight excluding hydrogens is 366 g/mol. The number of nitrogens with zero attached hydrogens (tertiary/aromatic N) is 2. The van der Waals surface area contributed by atoms with Crippen molar-refractivity contribution in [1.29, 1.82) is 0 Å². The monoisotopic (exact) mass is 398 g/mol. The van der Waals surface area contributed by atoms with Gasteiger partial charge in [0.15, 0.2) is 12.4 Å². The van der Waals surface area contributed by atoms with E-state index >= 15 is 0 Å². The fourth-order valence-corrected chi connectivity index (χ4v) is 3.73. The van der Waals surface area contributed by atoms with Crippen molar-refractivity contribution in [1.82, 2.24) is 4.98 Å². The van der Waals surface area contributed by atoms with Gasteiger partial charge in [0, 0.05) is 40.2 Å². The summed E-state index contributed by atoms with van der Waals surface area (Å²) in [5.41, 5.74) is 7.14. The predicted octanol–water partition coefficient (Wildman–Crippen LogP) is 6.49. The lowest BCUT2D eigenvalue weighted by Crippen LogP contribution is -2.25. The van der Waals surface area contributed by atoms with Gasteiger partial charge in [0.2, 0.25) is 0 Å². The van der Waals surface area contributed by atoms with Gasteiger partial charge < -0.3 is 4.98 Å². The standard InChI is InChI=1S/C27H31N3/c1-26(2,3)19-8-9-23-21(14-19)22-15-20(27(4,5)6)16-24(25(22)29-23)28-17-18-10-12-30(7)13-11-18/h8-17H,1-7H3/p+1. The van der Waals surface area contributed by atoms with Crippen LogP contribution in [-0.2, 0) is 17.9 Å². The van der Waals surface area contributed by atoms with E-state index in [-0.39, 0.29) is 10.8 Å². The number of hydrogen-bond acceptors (Lipinski definition) is 1. The topological polar surface area (TPSA) is 32.0 Å². The Bertz CT molecular complexity index is 1240. The molecule has 0 spiro atoms. The van der Waals surface area contributed by atoms with Gasteiger partial charge in [-0.15, -0.1) is 0 Å². The van der Waals surface area contributed by atoms with Gasteiger partial charge in [0.1, 0.15) is 7.05 Å². The number of aromatic nitrogens is 2. The van der Waals surface area contributed by atoms with Crippen LogP contribution in [0.5, 0.6) is 0 Å². The van der Waals surface area contributed by atoms with Gasteiger partial charge in [-0.3, -0.25) is 4.99 Å². The number of H-pyrrole nitrogens is 1. The van der Waals surface area contributed by atoms with E-state index in [1.54, 1.807) is 0 Å². The van der Waals surface area contributed by atoms with Crippen LogP contribution in [0.4, 0.5) is 5.69 Å². The van der Waals surface area contributed by atoms with Crippen LogP contribution in [0.2, 0.25) is 0 Å². The molecule has 0 amide bonds. The van der Waals surface area contributed by atoms with Crippen LogP contribution >= 0.6 is 0 Å². The highest BCUT2D eigenvalue weighted by Crippen LogP contribution is 2.38. The summed E-state index contributed by atoms with van der Waals surface area (Å²) >= 11 is 0. The van der Waals surface area contributed by atoms with Crippen molar-refractivity contribution < 1.29 is 4.57 Å². The number of aromatic amines is 1. The molecule has 2 heterocycles. The second kappa shape index (κ2) is 7.09. The smallest absolute Gasteiger partial charge is 0.169 e.